The van der Waals surface area contributed by atoms with Gasteiger partial charge in [-0.15, -0.1) is 21.5 Å². The van der Waals surface area contributed by atoms with Crippen molar-refractivity contribution in [3.05, 3.63) is 57.6 Å². The summed E-state index contributed by atoms with van der Waals surface area (Å²) in [5, 5.41) is 13.0. The number of benzene rings is 1. The number of hydrogen-bond acceptors (Lipinski definition) is 6. The maximum Gasteiger partial charge on any atom is 0.325 e. The van der Waals surface area contributed by atoms with Crippen molar-refractivity contribution in [1.82, 2.24) is 20.4 Å². The fourth-order valence-electron chi connectivity index (χ4n) is 2.77. The van der Waals surface area contributed by atoms with Crippen LogP contribution in [0.4, 0.5) is 4.79 Å². The van der Waals surface area contributed by atoms with Gasteiger partial charge >= 0.3 is 6.03 Å². The summed E-state index contributed by atoms with van der Waals surface area (Å²) in [6.45, 7) is 1.57. The molecular weight excluding hydrogens is 376 g/mol. The van der Waals surface area contributed by atoms with E-state index in [1.165, 1.54) is 11.3 Å². The second kappa shape index (κ2) is 6.22. The quantitative estimate of drug-likeness (QED) is 0.692. The maximum absolute atomic E-state index is 12.8. The maximum atomic E-state index is 12.8. The number of urea groups is 1. The molecule has 0 bridgehead atoms. The predicted molar refractivity (Wildman–Crippen MR) is 95.5 cm³/mol. The molecule has 2 aromatic heterocycles. The summed E-state index contributed by atoms with van der Waals surface area (Å²) >= 11 is 7.53. The number of halogens is 1. The van der Waals surface area contributed by atoms with Crippen molar-refractivity contribution in [2.24, 2.45) is 0 Å². The number of aromatic nitrogens is 2. The van der Waals surface area contributed by atoms with E-state index in [0.717, 1.165) is 9.78 Å². The van der Waals surface area contributed by atoms with Crippen LogP contribution in [0.1, 0.15) is 17.7 Å². The number of amides is 3. The van der Waals surface area contributed by atoms with Crippen LogP contribution in [0.25, 0.3) is 11.5 Å². The Bertz CT molecular complexity index is 988. The standard InChI is InChI=1S/C17H13ClN4O3S/c1-17(12-7-4-8-26-12)15(23)22(16(24)19-17)9-13-20-21-14(25-13)10-5-2-3-6-11(10)18/h2-8H,9H2,1H3,(H,19,24). The molecule has 9 heteroatoms. The molecule has 7 nitrogen and oxygen atoms in total. The highest BCUT2D eigenvalue weighted by Gasteiger charge is 2.50. The summed E-state index contributed by atoms with van der Waals surface area (Å²) in [6.07, 6.45) is 0. The topological polar surface area (TPSA) is 88.3 Å². The number of imide groups is 1. The SMILES string of the molecule is CC1(c2cccs2)NC(=O)N(Cc2nnc(-c3ccccc3Cl)o2)C1=O. The van der Waals surface area contributed by atoms with Crippen molar-refractivity contribution in [3.8, 4) is 11.5 Å². The Hall–Kier alpha value is -2.71. The molecule has 1 fully saturated rings. The summed E-state index contributed by atoms with van der Waals surface area (Å²) in [5.41, 5.74) is -0.495. The molecule has 3 amide bonds. The van der Waals surface area contributed by atoms with Crippen LogP contribution in [-0.4, -0.2) is 27.0 Å². The summed E-state index contributed by atoms with van der Waals surface area (Å²) < 4.78 is 5.59. The Morgan fingerprint density at radius 3 is 2.77 bits per heavy atom. The van der Waals surface area contributed by atoms with Crippen molar-refractivity contribution < 1.29 is 14.0 Å². The molecule has 1 aromatic carbocycles. The van der Waals surface area contributed by atoms with Crippen LogP contribution in [0.2, 0.25) is 5.02 Å². The van der Waals surface area contributed by atoms with Gasteiger partial charge in [0.1, 0.15) is 6.54 Å². The Labute approximate surface area is 157 Å². The van der Waals surface area contributed by atoms with Gasteiger partial charge in [0.05, 0.1) is 10.6 Å². The first-order valence-electron chi connectivity index (χ1n) is 7.74. The normalized spacial score (nSPS) is 19.8. The highest BCUT2D eigenvalue weighted by atomic mass is 35.5. The van der Waals surface area contributed by atoms with Gasteiger partial charge in [-0.2, -0.15) is 0 Å². The van der Waals surface area contributed by atoms with Gasteiger partial charge in [0.25, 0.3) is 5.91 Å². The lowest BCUT2D eigenvalue weighted by Gasteiger charge is -2.19. The van der Waals surface area contributed by atoms with E-state index in [9.17, 15) is 9.59 Å². The number of carbonyl (C=O) groups is 2. The van der Waals surface area contributed by atoms with Gasteiger partial charge in [0.2, 0.25) is 11.8 Å². The van der Waals surface area contributed by atoms with Crippen LogP contribution in [0, 0.1) is 0 Å². The zero-order valence-corrected chi connectivity index (χ0v) is 15.2. The molecule has 0 saturated carbocycles. The van der Waals surface area contributed by atoms with Crippen LogP contribution < -0.4 is 5.32 Å². The average Bonchev–Trinajstić information content (AvgIpc) is 3.34. The number of carbonyl (C=O) groups excluding carboxylic acids is 2. The summed E-state index contributed by atoms with van der Waals surface area (Å²) in [4.78, 5) is 27.0. The smallest absolute Gasteiger partial charge is 0.325 e. The van der Waals surface area contributed by atoms with Gasteiger partial charge in [-0.05, 0) is 30.5 Å². The number of nitrogens with zero attached hydrogens (tertiary/aromatic N) is 3. The monoisotopic (exact) mass is 388 g/mol. The third kappa shape index (κ3) is 2.67. The average molecular weight is 389 g/mol. The van der Waals surface area contributed by atoms with Gasteiger partial charge in [-0.25, -0.2) is 4.79 Å². The number of nitrogens with one attached hydrogen (secondary N) is 1. The minimum Gasteiger partial charge on any atom is -0.419 e. The molecule has 1 unspecified atom stereocenters. The second-order valence-corrected chi connectivity index (χ2v) is 7.26. The molecule has 0 spiro atoms. The van der Waals surface area contributed by atoms with E-state index in [2.05, 4.69) is 15.5 Å². The molecule has 1 saturated heterocycles. The van der Waals surface area contributed by atoms with E-state index in [0.29, 0.717) is 10.6 Å². The van der Waals surface area contributed by atoms with Crippen molar-refractivity contribution in [2.45, 2.75) is 19.0 Å². The minimum atomic E-state index is -1.09. The lowest BCUT2D eigenvalue weighted by Crippen LogP contribution is -2.40. The highest BCUT2D eigenvalue weighted by molar-refractivity contribution is 7.10. The lowest BCUT2D eigenvalue weighted by atomic mass is 10.0. The largest absolute Gasteiger partial charge is 0.419 e. The molecule has 3 aromatic rings. The zero-order valence-electron chi connectivity index (χ0n) is 13.6. The Morgan fingerprint density at radius 1 is 1.23 bits per heavy atom. The molecule has 132 valence electrons. The van der Waals surface area contributed by atoms with Crippen LogP contribution in [0.15, 0.2) is 46.2 Å². The Kier molecular flexibility index (Phi) is 4.01. The molecule has 4 rings (SSSR count). The van der Waals surface area contributed by atoms with E-state index in [-0.39, 0.29) is 24.2 Å². The molecule has 1 N–H and O–H groups in total. The van der Waals surface area contributed by atoms with E-state index >= 15 is 0 Å². The van der Waals surface area contributed by atoms with E-state index in [4.69, 9.17) is 16.0 Å². The number of thiophene rings is 1. The molecule has 1 aliphatic heterocycles. The molecule has 0 aliphatic carbocycles. The molecular formula is C17H13ClN4O3S. The van der Waals surface area contributed by atoms with E-state index in [1.807, 2.05) is 17.5 Å². The van der Waals surface area contributed by atoms with Gasteiger partial charge < -0.3 is 9.73 Å². The number of rotatable bonds is 4. The molecule has 26 heavy (non-hydrogen) atoms. The summed E-state index contributed by atoms with van der Waals surface area (Å²) in [5.74, 6) is 0.0277. The highest BCUT2D eigenvalue weighted by Crippen LogP contribution is 2.33. The third-order valence-electron chi connectivity index (χ3n) is 4.15. The molecule has 1 atom stereocenters. The molecule has 3 heterocycles. The van der Waals surface area contributed by atoms with E-state index in [1.54, 1.807) is 31.2 Å². The lowest BCUT2D eigenvalue weighted by molar-refractivity contribution is -0.131. The first-order valence-corrected chi connectivity index (χ1v) is 9.00. The Balaban J connectivity index is 1.58. The van der Waals surface area contributed by atoms with Gasteiger partial charge in [0.15, 0.2) is 5.54 Å². The van der Waals surface area contributed by atoms with Crippen LogP contribution >= 0.6 is 22.9 Å². The van der Waals surface area contributed by atoms with Crippen molar-refractivity contribution in [2.75, 3.05) is 0 Å². The van der Waals surface area contributed by atoms with Crippen molar-refractivity contribution in [1.29, 1.82) is 0 Å². The second-order valence-electron chi connectivity index (χ2n) is 5.90. The third-order valence-corrected chi connectivity index (χ3v) is 5.57. The zero-order chi connectivity index (χ0) is 18.3. The molecule has 1 aliphatic rings. The van der Waals surface area contributed by atoms with Crippen LogP contribution in [0.5, 0.6) is 0 Å². The van der Waals surface area contributed by atoms with Crippen molar-refractivity contribution >= 4 is 34.9 Å². The van der Waals surface area contributed by atoms with Crippen molar-refractivity contribution in [3.63, 3.8) is 0 Å². The Morgan fingerprint density at radius 2 is 2.04 bits per heavy atom. The molecule has 0 radical (unpaired) electrons. The van der Waals surface area contributed by atoms with Gasteiger partial charge in [-0.1, -0.05) is 29.8 Å². The summed E-state index contributed by atoms with van der Waals surface area (Å²) in [6, 6.07) is 10.2. The van der Waals surface area contributed by atoms with Gasteiger partial charge in [0, 0.05) is 4.88 Å². The fraction of sp³-hybridized carbons (Fsp3) is 0.176. The summed E-state index contributed by atoms with van der Waals surface area (Å²) in [7, 11) is 0. The van der Waals surface area contributed by atoms with E-state index < -0.39 is 11.6 Å². The first-order chi connectivity index (χ1) is 12.5. The van der Waals surface area contributed by atoms with Crippen LogP contribution in [-0.2, 0) is 16.9 Å². The predicted octanol–water partition coefficient (Wildman–Crippen LogP) is 3.42. The van der Waals surface area contributed by atoms with Gasteiger partial charge in [-0.3, -0.25) is 9.69 Å². The van der Waals surface area contributed by atoms with Crippen LogP contribution in [0.3, 0.4) is 0 Å². The number of hydrogen-bond donors (Lipinski definition) is 1. The fourth-order valence-corrected chi connectivity index (χ4v) is 3.82. The first kappa shape index (κ1) is 16.7. The minimum absolute atomic E-state index is 0.108.